The Morgan fingerprint density at radius 2 is 2.27 bits per heavy atom. The Bertz CT molecular complexity index is 154. The number of carbonyl (C=O) groups excluding carboxylic acids is 1. The second-order valence-electron chi connectivity index (χ2n) is 2.16. The molecular formula is C10H16O. The maximum absolute atomic E-state index is 10.0. The van der Waals surface area contributed by atoms with Crippen molar-refractivity contribution in [3.05, 3.63) is 23.8 Å². The number of hydrogen-bond donors (Lipinski definition) is 0. The van der Waals surface area contributed by atoms with E-state index in [1.54, 1.807) is 0 Å². The molecule has 0 fully saturated rings. The molecule has 0 saturated carbocycles. The van der Waals surface area contributed by atoms with Gasteiger partial charge in [0, 0.05) is 6.42 Å². The summed E-state index contributed by atoms with van der Waals surface area (Å²) in [6, 6.07) is 0. The summed E-state index contributed by atoms with van der Waals surface area (Å²) in [7, 11) is 0. The molecule has 0 aromatic heterocycles. The van der Waals surface area contributed by atoms with Gasteiger partial charge in [-0.2, -0.15) is 0 Å². The molecule has 0 aromatic carbocycles. The Balaban J connectivity index is 0.000000461. The fourth-order valence-electron chi connectivity index (χ4n) is 0.930. The van der Waals surface area contributed by atoms with E-state index in [2.05, 4.69) is 6.08 Å². The minimum atomic E-state index is 0.615. The van der Waals surface area contributed by atoms with E-state index in [0.29, 0.717) is 6.42 Å². The summed E-state index contributed by atoms with van der Waals surface area (Å²) >= 11 is 0. The van der Waals surface area contributed by atoms with Gasteiger partial charge in [-0.1, -0.05) is 37.6 Å². The van der Waals surface area contributed by atoms with Crippen LogP contribution in [0, 0.1) is 0 Å². The molecule has 1 heteroatoms. The van der Waals surface area contributed by atoms with E-state index in [1.807, 2.05) is 26.0 Å². The SMILES string of the molecule is CC.O=CCC1=CC=CCC1. The van der Waals surface area contributed by atoms with Crippen molar-refractivity contribution in [1.82, 2.24) is 0 Å². The molecule has 0 saturated heterocycles. The maximum atomic E-state index is 10.0. The predicted molar refractivity (Wildman–Crippen MR) is 48.5 cm³/mol. The van der Waals surface area contributed by atoms with Crippen molar-refractivity contribution < 1.29 is 4.79 Å². The molecule has 11 heavy (non-hydrogen) atoms. The molecule has 0 aromatic rings. The second kappa shape index (κ2) is 7.26. The predicted octanol–water partition coefficient (Wildman–Crippen LogP) is 2.88. The first kappa shape index (κ1) is 10.2. The van der Waals surface area contributed by atoms with Gasteiger partial charge in [0.05, 0.1) is 0 Å². The first-order chi connectivity index (χ1) is 5.43. The summed E-state index contributed by atoms with van der Waals surface area (Å²) in [5.41, 5.74) is 1.26. The van der Waals surface area contributed by atoms with Gasteiger partial charge in [0.25, 0.3) is 0 Å². The van der Waals surface area contributed by atoms with Crippen molar-refractivity contribution in [2.24, 2.45) is 0 Å². The molecule has 1 aliphatic carbocycles. The lowest BCUT2D eigenvalue weighted by Crippen LogP contribution is -1.87. The number of aldehydes is 1. The van der Waals surface area contributed by atoms with Crippen LogP contribution >= 0.6 is 0 Å². The average Bonchev–Trinajstić information content (AvgIpc) is 2.11. The summed E-state index contributed by atoms with van der Waals surface area (Å²) in [5, 5.41) is 0. The van der Waals surface area contributed by atoms with Crippen LogP contribution in [0.4, 0.5) is 0 Å². The van der Waals surface area contributed by atoms with Gasteiger partial charge in [0.15, 0.2) is 0 Å². The molecule has 1 rings (SSSR count). The highest BCUT2D eigenvalue weighted by Crippen LogP contribution is 2.13. The van der Waals surface area contributed by atoms with Gasteiger partial charge >= 0.3 is 0 Å². The van der Waals surface area contributed by atoms with Crippen LogP contribution in [-0.2, 0) is 4.79 Å². The Morgan fingerprint density at radius 1 is 1.55 bits per heavy atom. The summed E-state index contributed by atoms with van der Waals surface area (Å²) in [5.74, 6) is 0. The van der Waals surface area contributed by atoms with Gasteiger partial charge in [-0.05, 0) is 12.8 Å². The van der Waals surface area contributed by atoms with Crippen LogP contribution in [0.3, 0.4) is 0 Å². The standard InChI is InChI=1S/C8H10O.C2H6/c9-7-6-8-4-2-1-3-5-8;1-2/h1-2,4,7H,3,5-6H2;1-2H3. The van der Waals surface area contributed by atoms with Crippen molar-refractivity contribution in [2.45, 2.75) is 33.1 Å². The molecule has 0 spiro atoms. The minimum Gasteiger partial charge on any atom is -0.303 e. The van der Waals surface area contributed by atoms with Crippen LogP contribution < -0.4 is 0 Å². The first-order valence-electron chi connectivity index (χ1n) is 4.21. The molecule has 0 aliphatic heterocycles. The van der Waals surface area contributed by atoms with Gasteiger partial charge in [-0.25, -0.2) is 0 Å². The summed E-state index contributed by atoms with van der Waals surface area (Å²) in [4.78, 5) is 10.0. The summed E-state index contributed by atoms with van der Waals surface area (Å²) in [6.07, 6.45) is 9.90. The van der Waals surface area contributed by atoms with Crippen LogP contribution in [0.25, 0.3) is 0 Å². The van der Waals surface area contributed by atoms with E-state index < -0.39 is 0 Å². The fourth-order valence-corrected chi connectivity index (χ4v) is 0.930. The molecule has 0 radical (unpaired) electrons. The van der Waals surface area contributed by atoms with Gasteiger partial charge in [0.2, 0.25) is 0 Å². The van der Waals surface area contributed by atoms with Gasteiger partial charge in [0.1, 0.15) is 6.29 Å². The van der Waals surface area contributed by atoms with E-state index in [1.165, 1.54) is 5.57 Å². The molecule has 0 N–H and O–H groups in total. The van der Waals surface area contributed by atoms with Gasteiger partial charge in [-0.15, -0.1) is 0 Å². The highest BCUT2D eigenvalue weighted by Gasteiger charge is 1.96. The number of allylic oxidation sites excluding steroid dienone is 4. The quantitative estimate of drug-likeness (QED) is 0.556. The Labute approximate surface area is 68.8 Å². The zero-order valence-electron chi connectivity index (χ0n) is 7.34. The van der Waals surface area contributed by atoms with Crippen LogP contribution in [0.2, 0.25) is 0 Å². The first-order valence-corrected chi connectivity index (χ1v) is 4.21. The topological polar surface area (TPSA) is 17.1 Å². The third kappa shape index (κ3) is 4.54. The third-order valence-electron chi connectivity index (χ3n) is 1.45. The fraction of sp³-hybridized carbons (Fsp3) is 0.500. The lowest BCUT2D eigenvalue weighted by Gasteiger charge is -2.02. The van der Waals surface area contributed by atoms with Crippen LogP contribution in [0.5, 0.6) is 0 Å². The molecule has 0 atom stereocenters. The lowest BCUT2D eigenvalue weighted by molar-refractivity contribution is -0.107. The Kier molecular flexibility index (Phi) is 6.70. The number of rotatable bonds is 2. The molecule has 0 amide bonds. The smallest absolute Gasteiger partial charge is 0.124 e. The lowest BCUT2D eigenvalue weighted by atomic mass is 10.0. The monoisotopic (exact) mass is 152 g/mol. The largest absolute Gasteiger partial charge is 0.303 e. The van der Waals surface area contributed by atoms with E-state index in [-0.39, 0.29) is 0 Å². The van der Waals surface area contributed by atoms with E-state index >= 15 is 0 Å². The molecule has 1 nitrogen and oxygen atoms in total. The van der Waals surface area contributed by atoms with Crippen molar-refractivity contribution in [2.75, 3.05) is 0 Å². The maximum Gasteiger partial charge on any atom is 0.124 e. The van der Waals surface area contributed by atoms with Gasteiger partial charge < -0.3 is 4.79 Å². The van der Waals surface area contributed by atoms with Crippen molar-refractivity contribution in [3.63, 3.8) is 0 Å². The average molecular weight is 152 g/mol. The number of hydrogen-bond acceptors (Lipinski definition) is 1. The number of carbonyl (C=O) groups is 1. The van der Waals surface area contributed by atoms with E-state index in [0.717, 1.165) is 19.1 Å². The second-order valence-corrected chi connectivity index (χ2v) is 2.16. The van der Waals surface area contributed by atoms with Gasteiger partial charge in [-0.3, -0.25) is 0 Å². The van der Waals surface area contributed by atoms with Crippen LogP contribution in [-0.4, -0.2) is 6.29 Å². The van der Waals surface area contributed by atoms with Crippen molar-refractivity contribution >= 4 is 6.29 Å². The van der Waals surface area contributed by atoms with Crippen LogP contribution in [0.1, 0.15) is 33.1 Å². The highest BCUT2D eigenvalue weighted by atomic mass is 16.1. The highest BCUT2D eigenvalue weighted by molar-refractivity contribution is 5.54. The Hall–Kier alpha value is -0.850. The minimum absolute atomic E-state index is 0.615. The molecule has 1 aliphatic rings. The molecule has 0 unspecified atom stereocenters. The molecule has 0 bridgehead atoms. The zero-order valence-corrected chi connectivity index (χ0v) is 7.34. The molecular weight excluding hydrogens is 136 g/mol. The summed E-state index contributed by atoms with van der Waals surface area (Å²) < 4.78 is 0. The molecule has 0 heterocycles. The zero-order chi connectivity index (χ0) is 8.53. The van der Waals surface area contributed by atoms with Crippen molar-refractivity contribution in [1.29, 1.82) is 0 Å². The van der Waals surface area contributed by atoms with E-state index in [9.17, 15) is 4.79 Å². The van der Waals surface area contributed by atoms with E-state index in [4.69, 9.17) is 0 Å². The summed E-state index contributed by atoms with van der Waals surface area (Å²) in [6.45, 7) is 4.00. The third-order valence-corrected chi connectivity index (χ3v) is 1.45. The normalized spacial score (nSPS) is 14.5. The Morgan fingerprint density at radius 3 is 2.73 bits per heavy atom. The van der Waals surface area contributed by atoms with Crippen LogP contribution in [0.15, 0.2) is 23.8 Å². The van der Waals surface area contributed by atoms with Crippen molar-refractivity contribution in [3.8, 4) is 0 Å². The molecule has 62 valence electrons.